The third-order valence-electron chi connectivity index (χ3n) is 7.75. The lowest BCUT2D eigenvalue weighted by molar-refractivity contribution is 0.0419. The molecule has 1 aliphatic carbocycles. The van der Waals surface area contributed by atoms with Crippen molar-refractivity contribution in [1.82, 2.24) is 10.6 Å². The largest absolute Gasteiger partial charge is 0.444 e. The Bertz CT molecular complexity index is 1140. The zero-order chi connectivity index (χ0) is 27.1. The van der Waals surface area contributed by atoms with Gasteiger partial charge in [-0.05, 0) is 94.3 Å². The van der Waals surface area contributed by atoms with Gasteiger partial charge in [0, 0.05) is 24.3 Å². The summed E-state index contributed by atoms with van der Waals surface area (Å²) in [5.74, 6) is -0.335. The van der Waals surface area contributed by atoms with E-state index in [1.54, 1.807) is 20.8 Å². The van der Waals surface area contributed by atoms with Crippen molar-refractivity contribution in [3.63, 3.8) is 0 Å². The maximum atomic E-state index is 14.1. The van der Waals surface area contributed by atoms with E-state index >= 15 is 0 Å². The Hall–Kier alpha value is -2.68. The molecule has 4 unspecified atom stereocenters. The van der Waals surface area contributed by atoms with Crippen molar-refractivity contribution in [2.24, 2.45) is 0 Å². The second-order valence-electron chi connectivity index (χ2n) is 12.2. The number of aryl methyl sites for hydroxylation is 1. The van der Waals surface area contributed by atoms with Crippen LogP contribution in [-0.2, 0) is 21.4 Å². The van der Waals surface area contributed by atoms with Crippen LogP contribution in [0.25, 0.3) is 0 Å². The molecule has 2 aromatic carbocycles. The number of hydrogen-bond acceptors (Lipinski definition) is 6. The Balaban J connectivity index is 1.27. The summed E-state index contributed by atoms with van der Waals surface area (Å²) in [6.07, 6.45) is 2.16. The monoisotopic (exact) mass is 525 g/mol. The van der Waals surface area contributed by atoms with Crippen LogP contribution in [0.15, 0.2) is 42.5 Å². The van der Waals surface area contributed by atoms with Gasteiger partial charge in [0.05, 0.1) is 30.9 Å². The van der Waals surface area contributed by atoms with E-state index < -0.39 is 23.8 Å². The van der Waals surface area contributed by atoms with Crippen LogP contribution in [0.5, 0.6) is 0 Å². The minimum Gasteiger partial charge on any atom is -0.444 e. The van der Waals surface area contributed by atoms with Crippen LogP contribution in [0, 0.1) is 12.7 Å². The Labute approximate surface area is 224 Å². The summed E-state index contributed by atoms with van der Waals surface area (Å²) in [5.41, 5.74) is 3.06. The van der Waals surface area contributed by atoms with Gasteiger partial charge < -0.3 is 30.1 Å². The number of hydrogen-bond donors (Lipinski definition) is 3. The van der Waals surface area contributed by atoms with E-state index in [2.05, 4.69) is 39.8 Å². The highest BCUT2D eigenvalue weighted by atomic mass is 19.1. The van der Waals surface area contributed by atoms with Crippen molar-refractivity contribution in [3.8, 4) is 0 Å². The van der Waals surface area contributed by atoms with Gasteiger partial charge in [-0.3, -0.25) is 0 Å². The van der Waals surface area contributed by atoms with E-state index in [1.807, 2.05) is 13.0 Å². The molecule has 7 nitrogen and oxygen atoms in total. The van der Waals surface area contributed by atoms with Gasteiger partial charge in [0.2, 0.25) is 0 Å². The van der Waals surface area contributed by atoms with Crippen molar-refractivity contribution in [3.05, 3.63) is 65.0 Å². The van der Waals surface area contributed by atoms with Crippen LogP contribution < -0.4 is 15.5 Å². The van der Waals surface area contributed by atoms with Crippen molar-refractivity contribution in [2.75, 3.05) is 24.6 Å². The van der Waals surface area contributed by atoms with Gasteiger partial charge in [0.25, 0.3) is 0 Å². The van der Waals surface area contributed by atoms with Crippen LogP contribution in [0.1, 0.15) is 56.7 Å². The van der Waals surface area contributed by atoms with Gasteiger partial charge >= 0.3 is 6.09 Å². The Kier molecular flexibility index (Phi) is 7.42. The summed E-state index contributed by atoms with van der Waals surface area (Å²) in [7, 11) is 0. The number of nitrogens with one attached hydrogen (secondary N) is 2. The predicted octanol–water partition coefficient (Wildman–Crippen LogP) is 4.19. The lowest BCUT2D eigenvalue weighted by Gasteiger charge is -2.31. The fraction of sp³-hybridized carbons (Fsp3) is 0.567. The number of halogens is 1. The molecule has 2 saturated heterocycles. The van der Waals surface area contributed by atoms with Gasteiger partial charge in [-0.1, -0.05) is 18.2 Å². The molecule has 5 rings (SSSR count). The van der Waals surface area contributed by atoms with E-state index in [4.69, 9.17) is 9.47 Å². The molecule has 1 saturated carbocycles. The number of carbonyl (C=O) groups is 1. The number of morpholine rings is 1. The molecule has 3 N–H and O–H groups in total. The van der Waals surface area contributed by atoms with Crippen molar-refractivity contribution in [1.29, 1.82) is 0 Å². The number of carbonyl (C=O) groups excluding carboxylic acids is 1. The number of aliphatic hydroxyl groups excluding tert-OH is 1. The van der Waals surface area contributed by atoms with Crippen LogP contribution in [-0.4, -0.2) is 60.8 Å². The maximum Gasteiger partial charge on any atom is 0.407 e. The van der Waals surface area contributed by atoms with Crippen molar-refractivity contribution in [2.45, 2.75) is 88.8 Å². The Morgan fingerprint density at radius 3 is 2.68 bits per heavy atom. The molecule has 0 aromatic heterocycles. The quantitative estimate of drug-likeness (QED) is 0.456. The SMILES string of the molecule is Cc1cc(F)cc(CC(NC(=O)OC(C)(C)C)C(O)CNC2(c3cccc(N4CC5CC4CO5)c3)CC2)c1. The molecule has 2 bridgehead atoms. The van der Waals surface area contributed by atoms with Crippen LogP contribution in [0.3, 0.4) is 0 Å². The van der Waals surface area contributed by atoms with E-state index in [-0.39, 0.29) is 24.3 Å². The summed E-state index contributed by atoms with van der Waals surface area (Å²) in [4.78, 5) is 15.0. The van der Waals surface area contributed by atoms with Crippen molar-refractivity contribution >= 4 is 11.8 Å². The molecular weight excluding hydrogens is 485 g/mol. The van der Waals surface area contributed by atoms with Gasteiger partial charge in [0.15, 0.2) is 0 Å². The summed E-state index contributed by atoms with van der Waals surface area (Å²) in [6.45, 7) is 9.21. The van der Waals surface area contributed by atoms with Crippen molar-refractivity contribution < 1.29 is 23.8 Å². The molecule has 0 radical (unpaired) electrons. The average molecular weight is 526 g/mol. The van der Waals surface area contributed by atoms with E-state index in [0.29, 0.717) is 17.7 Å². The number of aliphatic hydroxyl groups is 1. The third kappa shape index (κ3) is 6.30. The van der Waals surface area contributed by atoms with Crippen LogP contribution in [0.4, 0.5) is 14.9 Å². The third-order valence-corrected chi connectivity index (χ3v) is 7.75. The number of ether oxygens (including phenoxy) is 2. The molecule has 3 fully saturated rings. The Morgan fingerprint density at radius 2 is 2.05 bits per heavy atom. The Morgan fingerprint density at radius 1 is 1.26 bits per heavy atom. The fourth-order valence-corrected chi connectivity index (χ4v) is 5.76. The number of benzene rings is 2. The predicted molar refractivity (Wildman–Crippen MR) is 145 cm³/mol. The molecule has 2 aliphatic heterocycles. The van der Waals surface area contributed by atoms with Gasteiger partial charge in [0.1, 0.15) is 11.4 Å². The van der Waals surface area contributed by atoms with Gasteiger partial charge in [-0.25, -0.2) is 9.18 Å². The molecule has 3 aliphatic rings. The highest BCUT2D eigenvalue weighted by Crippen LogP contribution is 2.46. The number of nitrogens with zero attached hydrogens (tertiary/aromatic N) is 1. The maximum absolute atomic E-state index is 14.1. The van der Waals surface area contributed by atoms with Crippen LogP contribution in [0.2, 0.25) is 0 Å². The zero-order valence-corrected chi connectivity index (χ0v) is 22.8. The normalized spacial score (nSPS) is 23.3. The second kappa shape index (κ2) is 10.5. The summed E-state index contributed by atoms with van der Waals surface area (Å²) in [5, 5.41) is 17.7. The first-order valence-electron chi connectivity index (χ1n) is 13.7. The highest BCUT2D eigenvalue weighted by molar-refractivity contribution is 5.68. The van der Waals surface area contributed by atoms with E-state index in [9.17, 15) is 14.3 Å². The van der Waals surface area contributed by atoms with Crippen LogP contribution >= 0.6 is 0 Å². The number of rotatable bonds is 9. The summed E-state index contributed by atoms with van der Waals surface area (Å²) >= 11 is 0. The lowest BCUT2D eigenvalue weighted by Crippen LogP contribution is -2.51. The molecule has 2 aromatic rings. The number of alkyl carbamates (subject to hydrolysis) is 1. The topological polar surface area (TPSA) is 83.1 Å². The summed E-state index contributed by atoms with van der Waals surface area (Å²) < 4.78 is 25.3. The molecule has 1 amide bonds. The smallest absolute Gasteiger partial charge is 0.407 e. The number of fused-ring (bicyclic) bond motifs is 2. The molecule has 2 heterocycles. The number of anilines is 1. The standard InChI is InChI=1S/C30H40FN3O4/c1-19-10-20(12-22(31)11-19)13-26(33-28(36)38-29(2,3)4)27(35)16-32-30(8-9-30)21-6-5-7-23(14-21)34-17-25-15-24(34)18-37-25/h5-7,10-12,14,24-27,32,35H,8-9,13,15-18H2,1-4H3,(H,33,36). The van der Waals surface area contributed by atoms with Gasteiger partial charge in [-0.2, -0.15) is 0 Å². The molecular formula is C30H40FN3O4. The molecule has 206 valence electrons. The number of amides is 1. The zero-order valence-electron chi connectivity index (χ0n) is 22.8. The lowest BCUT2D eigenvalue weighted by atomic mass is 9.98. The molecule has 4 atom stereocenters. The first kappa shape index (κ1) is 26.9. The molecule has 0 spiro atoms. The molecule has 38 heavy (non-hydrogen) atoms. The molecule has 8 heteroatoms. The van der Waals surface area contributed by atoms with E-state index in [1.165, 1.54) is 23.4 Å². The minimum absolute atomic E-state index is 0.196. The van der Waals surface area contributed by atoms with E-state index in [0.717, 1.165) is 38.0 Å². The average Bonchev–Trinajstić information content (AvgIpc) is 3.32. The first-order valence-corrected chi connectivity index (χ1v) is 13.7. The first-order chi connectivity index (χ1) is 18.0. The fourth-order valence-electron chi connectivity index (χ4n) is 5.76. The minimum atomic E-state index is -0.904. The highest BCUT2D eigenvalue weighted by Gasteiger charge is 2.45. The summed E-state index contributed by atoms with van der Waals surface area (Å²) in [6, 6.07) is 13.3. The van der Waals surface area contributed by atoms with Gasteiger partial charge in [-0.15, -0.1) is 0 Å². The second-order valence-corrected chi connectivity index (χ2v) is 12.2.